The van der Waals surface area contributed by atoms with Crippen molar-refractivity contribution in [1.82, 2.24) is 10.2 Å². The van der Waals surface area contributed by atoms with Crippen LogP contribution in [0.4, 0.5) is 5.69 Å². The van der Waals surface area contributed by atoms with Crippen molar-refractivity contribution in [2.24, 2.45) is 4.99 Å². The van der Waals surface area contributed by atoms with E-state index in [0.29, 0.717) is 37.9 Å². The number of anilines is 1. The molecular weight excluding hydrogens is 495 g/mol. The van der Waals surface area contributed by atoms with E-state index in [4.69, 9.17) is 4.74 Å². The van der Waals surface area contributed by atoms with Gasteiger partial charge in [-0.2, -0.15) is 0 Å². The molecule has 30 heavy (non-hydrogen) atoms. The smallest absolute Gasteiger partial charge is 0.246 e. The Hall–Kier alpha value is -2.33. The molecule has 1 heterocycles. The summed E-state index contributed by atoms with van der Waals surface area (Å²) in [6.45, 7) is 6.81. The molecule has 8 heteroatoms. The Labute approximate surface area is 194 Å². The number of carbonyl (C=O) groups is 1. The Kier molecular flexibility index (Phi) is 9.38. The summed E-state index contributed by atoms with van der Waals surface area (Å²) in [6, 6.07) is 14.6. The molecule has 2 aromatic carbocycles. The maximum Gasteiger partial charge on any atom is 0.246 e. The maximum absolute atomic E-state index is 12.3. The number of aromatic hydroxyl groups is 1. The van der Waals surface area contributed by atoms with Crippen molar-refractivity contribution in [1.29, 1.82) is 0 Å². The molecule has 0 radical (unpaired) electrons. The highest BCUT2D eigenvalue weighted by Gasteiger charge is 2.25. The van der Waals surface area contributed by atoms with Gasteiger partial charge in [0.2, 0.25) is 5.91 Å². The third kappa shape index (κ3) is 6.60. The number of hydrogen-bond donors (Lipinski definition) is 3. The van der Waals surface area contributed by atoms with E-state index in [0.717, 1.165) is 0 Å². The van der Waals surface area contributed by atoms with Crippen molar-refractivity contribution >= 4 is 41.5 Å². The SMILES string of the molecule is CCNC(=NCC(=O)Nc1ccc(O)cc1)N1CCOC(c2ccccc2C)C1.I. The van der Waals surface area contributed by atoms with Crippen LogP contribution in [-0.2, 0) is 9.53 Å². The zero-order chi connectivity index (χ0) is 20.6. The number of nitrogens with zero attached hydrogens (tertiary/aromatic N) is 2. The topological polar surface area (TPSA) is 86.2 Å². The second kappa shape index (κ2) is 11.8. The maximum atomic E-state index is 12.3. The molecule has 3 N–H and O–H groups in total. The fourth-order valence-corrected chi connectivity index (χ4v) is 3.30. The van der Waals surface area contributed by atoms with Gasteiger partial charge in [0.05, 0.1) is 13.2 Å². The van der Waals surface area contributed by atoms with E-state index in [-0.39, 0.29) is 48.3 Å². The molecular formula is C22H29IN4O3. The van der Waals surface area contributed by atoms with Gasteiger partial charge in [0.25, 0.3) is 0 Å². The van der Waals surface area contributed by atoms with E-state index in [9.17, 15) is 9.90 Å². The first-order valence-corrected chi connectivity index (χ1v) is 9.86. The van der Waals surface area contributed by atoms with Crippen LogP contribution in [0.15, 0.2) is 53.5 Å². The number of aliphatic imine (C=N–C) groups is 1. The van der Waals surface area contributed by atoms with Crippen LogP contribution in [0.5, 0.6) is 5.75 Å². The summed E-state index contributed by atoms with van der Waals surface area (Å²) in [7, 11) is 0. The van der Waals surface area contributed by atoms with E-state index in [1.807, 2.05) is 19.1 Å². The number of aryl methyl sites for hydroxylation is 1. The van der Waals surface area contributed by atoms with Crippen LogP contribution in [0.25, 0.3) is 0 Å². The second-order valence-electron chi connectivity index (χ2n) is 6.93. The first kappa shape index (κ1) is 23.9. The van der Waals surface area contributed by atoms with Gasteiger partial charge in [0.1, 0.15) is 18.4 Å². The number of carbonyl (C=O) groups excluding carboxylic acids is 1. The van der Waals surface area contributed by atoms with Crippen LogP contribution >= 0.6 is 24.0 Å². The number of guanidine groups is 1. The standard InChI is InChI=1S/C22H28N4O3.HI/c1-3-23-22(24-14-21(28)25-17-8-10-18(27)11-9-17)26-12-13-29-20(15-26)19-7-5-4-6-16(19)2;/h4-11,20,27H,3,12-15H2,1-2H3,(H,23,24)(H,25,28);1H. The number of morpholine rings is 1. The second-order valence-corrected chi connectivity index (χ2v) is 6.93. The molecule has 2 aromatic rings. The minimum Gasteiger partial charge on any atom is -0.508 e. The fraction of sp³-hybridized carbons (Fsp3) is 0.364. The molecule has 0 aromatic heterocycles. The normalized spacial score (nSPS) is 16.5. The van der Waals surface area contributed by atoms with Gasteiger partial charge in [-0.05, 0) is 49.2 Å². The van der Waals surface area contributed by atoms with E-state index < -0.39 is 0 Å². The Morgan fingerprint density at radius 1 is 1.23 bits per heavy atom. The van der Waals surface area contributed by atoms with Gasteiger partial charge in [-0.25, -0.2) is 4.99 Å². The molecule has 1 amide bonds. The lowest BCUT2D eigenvalue weighted by Crippen LogP contribution is -2.48. The number of phenols is 1. The monoisotopic (exact) mass is 524 g/mol. The Balaban J connectivity index is 0.00000320. The van der Waals surface area contributed by atoms with Crippen molar-refractivity contribution in [3.63, 3.8) is 0 Å². The van der Waals surface area contributed by atoms with Crippen molar-refractivity contribution in [3.05, 3.63) is 59.7 Å². The average molecular weight is 524 g/mol. The lowest BCUT2D eigenvalue weighted by atomic mass is 10.0. The van der Waals surface area contributed by atoms with E-state index >= 15 is 0 Å². The molecule has 0 spiro atoms. The van der Waals surface area contributed by atoms with Gasteiger partial charge in [-0.3, -0.25) is 4.79 Å². The summed E-state index contributed by atoms with van der Waals surface area (Å²) in [5, 5.41) is 15.4. The van der Waals surface area contributed by atoms with Crippen molar-refractivity contribution in [2.75, 3.05) is 38.1 Å². The van der Waals surface area contributed by atoms with Gasteiger partial charge >= 0.3 is 0 Å². The summed E-state index contributed by atoms with van der Waals surface area (Å²) in [6.07, 6.45) is -0.0281. The lowest BCUT2D eigenvalue weighted by molar-refractivity contribution is -0.114. The molecule has 0 aliphatic carbocycles. The van der Waals surface area contributed by atoms with E-state index in [1.165, 1.54) is 23.3 Å². The number of amides is 1. The number of ether oxygens (including phenoxy) is 1. The number of halogens is 1. The minimum atomic E-state index is -0.213. The lowest BCUT2D eigenvalue weighted by Gasteiger charge is -2.35. The first-order valence-electron chi connectivity index (χ1n) is 9.86. The number of rotatable bonds is 5. The van der Waals surface area contributed by atoms with Gasteiger partial charge in [0, 0.05) is 18.8 Å². The molecule has 1 saturated heterocycles. The summed E-state index contributed by atoms with van der Waals surface area (Å²) >= 11 is 0. The van der Waals surface area contributed by atoms with Crippen molar-refractivity contribution in [2.45, 2.75) is 20.0 Å². The Bertz CT molecular complexity index is 858. The Morgan fingerprint density at radius 3 is 2.67 bits per heavy atom. The van der Waals surface area contributed by atoms with Crippen LogP contribution in [-0.4, -0.2) is 54.7 Å². The summed E-state index contributed by atoms with van der Waals surface area (Å²) < 4.78 is 5.99. The molecule has 0 bridgehead atoms. The molecule has 1 atom stereocenters. The van der Waals surface area contributed by atoms with Gasteiger partial charge in [-0.1, -0.05) is 24.3 Å². The summed E-state index contributed by atoms with van der Waals surface area (Å²) in [5.74, 6) is 0.649. The largest absolute Gasteiger partial charge is 0.508 e. The Morgan fingerprint density at radius 2 is 1.97 bits per heavy atom. The van der Waals surface area contributed by atoms with Crippen molar-refractivity contribution < 1.29 is 14.6 Å². The average Bonchev–Trinajstić information content (AvgIpc) is 2.73. The predicted octanol–water partition coefficient (Wildman–Crippen LogP) is 3.30. The van der Waals surface area contributed by atoms with Gasteiger partial charge in [0.15, 0.2) is 5.96 Å². The number of phenolic OH excluding ortho intramolecular Hbond substituents is 1. The highest BCUT2D eigenvalue weighted by Crippen LogP contribution is 2.25. The predicted molar refractivity (Wildman–Crippen MR) is 130 cm³/mol. The van der Waals surface area contributed by atoms with Crippen LogP contribution in [0, 0.1) is 6.92 Å². The molecule has 7 nitrogen and oxygen atoms in total. The van der Waals surface area contributed by atoms with E-state index in [2.05, 4.69) is 39.6 Å². The number of benzene rings is 2. The third-order valence-corrected chi connectivity index (χ3v) is 4.76. The highest BCUT2D eigenvalue weighted by atomic mass is 127. The van der Waals surface area contributed by atoms with Gasteiger partial charge in [-0.15, -0.1) is 24.0 Å². The van der Waals surface area contributed by atoms with Gasteiger partial charge < -0.3 is 25.4 Å². The molecule has 1 fully saturated rings. The first-order chi connectivity index (χ1) is 14.1. The van der Waals surface area contributed by atoms with Crippen LogP contribution < -0.4 is 10.6 Å². The molecule has 3 rings (SSSR count). The molecule has 162 valence electrons. The zero-order valence-electron chi connectivity index (χ0n) is 17.3. The molecule has 0 saturated carbocycles. The molecule has 1 aliphatic heterocycles. The number of nitrogens with one attached hydrogen (secondary N) is 2. The highest BCUT2D eigenvalue weighted by molar-refractivity contribution is 14.0. The summed E-state index contributed by atoms with van der Waals surface area (Å²) in [4.78, 5) is 18.9. The van der Waals surface area contributed by atoms with Crippen LogP contribution in [0.2, 0.25) is 0 Å². The number of hydrogen-bond acceptors (Lipinski definition) is 4. The quantitative estimate of drug-likeness (QED) is 0.242. The molecule has 1 unspecified atom stereocenters. The molecule has 1 aliphatic rings. The fourth-order valence-electron chi connectivity index (χ4n) is 3.30. The zero-order valence-corrected chi connectivity index (χ0v) is 19.6. The third-order valence-electron chi connectivity index (χ3n) is 4.76. The van der Waals surface area contributed by atoms with Crippen LogP contribution in [0.3, 0.4) is 0 Å². The van der Waals surface area contributed by atoms with Crippen molar-refractivity contribution in [3.8, 4) is 5.75 Å². The summed E-state index contributed by atoms with van der Waals surface area (Å²) in [5.41, 5.74) is 3.01. The van der Waals surface area contributed by atoms with Crippen LogP contribution in [0.1, 0.15) is 24.2 Å². The van der Waals surface area contributed by atoms with E-state index in [1.54, 1.807) is 12.1 Å². The minimum absolute atomic E-state index is 0.